The maximum atomic E-state index is 11.1. The van der Waals surface area contributed by atoms with Gasteiger partial charge in [0.05, 0.1) is 7.11 Å². The van der Waals surface area contributed by atoms with Crippen LogP contribution in [0.5, 0.6) is 0 Å². The molecule has 1 fully saturated rings. The van der Waals surface area contributed by atoms with Gasteiger partial charge in [0.15, 0.2) is 0 Å². The number of hydrogen-bond acceptors (Lipinski definition) is 3. The number of nitrogens with one attached hydrogen (secondary N) is 1. The molecular weight excluding hydrogens is 166 g/mol. The highest BCUT2D eigenvalue weighted by atomic mass is 16.5. The van der Waals surface area contributed by atoms with Crippen LogP contribution in [0.4, 0.5) is 0 Å². The number of ether oxygens (including phenoxy) is 1. The van der Waals surface area contributed by atoms with Crippen molar-refractivity contribution in [2.75, 3.05) is 7.11 Å². The molecule has 3 heteroatoms. The molecule has 0 amide bonds. The predicted molar refractivity (Wildman–Crippen MR) is 51.4 cm³/mol. The largest absolute Gasteiger partial charge is 0.468 e. The van der Waals surface area contributed by atoms with E-state index in [0.29, 0.717) is 6.04 Å². The summed E-state index contributed by atoms with van der Waals surface area (Å²) in [5.41, 5.74) is 1.16. The average Bonchev–Trinajstić information content (AvgIpc) is 2.50. The van der Waals surface area contributed by atoms with Crippen LogP contribution in [0.15, 0.2) is 12.2 Å². The molecule has 3 nitrogen and oxygen atoms in total. The Kier molecular flexibility index (Phi) is 3.48. The van der Waals surface area contributed by atoms with E-state index < -0.39 is 0 Å². The van der Waals surface area contributed by atoms with Gasteiger partial charge in [-0.05, 0) is 26.2 Å². The zero-order chi connectivity index (χ0) is 9.84. The third-order valence-electron chi connectivity index (χ3n) is 2.32. The first-order valence-electron chi connectivity index (χ1n) is 4.61. The summed E-state index contributed by atoms with van der Waals surface area (Å²) < 4.78 is 4.66. The second-order valence-corrected chi connectivity index (χ2v) is 3.68. The first-order chi connectivity index (χ1) is 6.13. The number of hydrogen-bond donors (Lipinski definition) is 1. The molecule has 1 N–H and O–H groups in total. The van der Waals surface area contributed by atoms with Crippen molar-refractivity contribution in [1.29, 1.82) is 0 Å². The summed E-state index contributed by atoms with van der Waals surface area (Å²) >= 11 is 0. The lowest BCUT2D eigenvalue weighted by Gasteiger charge is -2.12. The van der Waals surface area contributed by atoms with Crippen LogP contribution >= 0.6 is 0 Å². The molecular formula is C10H17NO2. The van der Waals surface area contributed by atoms with Gasteiger partial charge in [-0.3, -0.25) is 4.79 Å². The van der Waals surface area contributed by atoms with E-state index in [9.17, 15) is 4.79 Å². The number of carbonyl (C=O) groups excluding carboxylic acids is 1. The van der Waals surface area contributed by atoms with Crippen LogP contribution in [-0.4, -0.2) is 25.2 Å². The molecule has 1 aliphatic heterocycles. The first kappa shape index (κ1) is 10.3. The van der Waals surface area contributed by atoms with Crippen molar-refractivity contribution in [3.63, 3.8) is 0 Å². The molecule has 1 rings (SSSR count). The predicted octanol–water partition coefficient (Wildman–Crippen LogP) is 1.25. The summed E-state index contributed by atoms with van der Waals surface area (Å²) in [4.78, 5) is 11.1. The summed E-state index contributed by atoms with van der Waals surface area (Å²) in [6.07, 6.45) is 2.87. The Hall–Kier alpha value is -0.830. The van der Waals surface area contributed by atoms with E-state index in [1.54, 1.807) is 0 Å². The smallest absolute Gasteiger partial charge is 0.322 e. The van der Waals surface area contributed by atoms with Crippen LogP contribution in [0.2, 0.25) is 0 Å². The molecule has 2 atom stereocenters. The molecule has 74 valence electrons. The number of carbonyl (C=O) groups is 1. The van der Waals surface area contributed by atoms with Crippen molar-refractivity contribution >= 4 is 5.97 Å². The van der Waals surface area contributed by atoms with Crippen LogP contribution in [-0.2, 0) is 9.53 Å². The van der Waals surface area contributed by atoms with Crippen molar-refractivity contribution in [1.82, 2.24) is 5.32 Å². The van der Waals surface area contributed by atoms with E-state index in [-0.39, 0.29) is 12.0 Å². The molecule has 0 aromatic heterocycles. The van der Waals surface area contributed by atoms with Crippen molar-refractivity contribution in [2.45, 2.75) is 38.3 Å². The fourth-order valence-corrected chi connectivity index (χ4v) is 1.73. The SMILES string of the molecule is C=C(C)CC1CC[C@@H](C(=O)OC)N1. The molecule has 0 aromatic carbocycles. The van der Waals surface area contributed by atoms with Gasteiger partial charge >= 0.3 is 5.97 Å². The topological polar surface area (TPSA) is 38.3 Å². The molecule has 1 saturated heterocycles. The fourth-order valence-electron chi connectivity index (χ4n) is 1.73. The Morgan fingerprint density at radius 3 is 2.85 bits per heavy atom. The second kappa shape index (κ2) is 4.42. The van der Waals surface area contributed by atoms with Crippen LogP contribution < -0.4 is 5.32 Å². The van der Waals surface area contributed by atoms with Crippen molar-refractivity contribution < 1.29 is 9.53 Å². The van der Waals surface area contributed by atoms with Crippen molar-refractivity contribution in [2.24, 2.45) is 0 Å². The molecule has 1 heterocycles. The third-order valence-corrected chi connectivity index (χ3v) is 2.32. The highest BCUT2D eigenvalue weighted by Gasteiger charge is 2.29. The maximum absolute atomic E-state index is 11.1. The van der Waals surface area contributed by atoms with E-state index >= 15 is 0 Å². The number of rotatable bonds is 3. The van der Waals surface area contributed by atoms with Gasteiger partial charge in [-0.1, -0.05) is 5.57 Å². The quantitative estimate of drug-likeness (QED) is 0.528. The normalized spacial score (nSPS) is 27.2. The number of esters is 1. The van der Waals surface area contributed by atoms with Crippen LogP contribution in [0.25, 0.3) is 0 Å². The Bertz CT molecular complexity index is 213. The summed E-state index contributed by atoms with van der Waals surface area (Å²) in [6.45, 7) is 5.86. The summed E-state index contributed by atoms with van der Waals surface area (Å²) in [7, 11) is 1.43. The highest BCUT2D eigenvalue weighted by Crippen LogP contribution is 2.18. The average molecular weight is 183 g/mol. The lowest BCUT2D eigenvalue weighted by atomic mass is 10.1. The van der Waals surface area contributed by atoms with Gasteiger partial charge in [0, 0.05) is 6.04 Å². The third kappa shape index (κ3) is 2.84. The Morgan fingerprint density at radius 1 is 1.62 bits per heavy atom. The standard InChI is InChI=1S/C10H17NO2/c1-7(2)6-8-4-5-9(11-8)10(12)13-3/h8-9,11H,1,4-6H2,2-3H3/t8?,9-/m0/s1. The Balaban J connectivity index is 2.36. The lowest BCUT2D eigenvalue weighted by Crippen LogP contribution is -2.36. The first-order valence-corrected chi connectivity index (χ1v) is 4.61. The van der Waals surface area contributed by atoms with E-state index in [0.717, 1.165) is 24.8 Å². The van der Waals surface area contributed by atoms with Crippen LogP contribution in [0, 0.1) is 0 Å². The number of methoxy groups -OCH3 is 1. The van der Waals surface area contributed by atoms with E-state index in [1.165, 1.54) is 7.11 Å². The van der Waals surface area contributed by atoms with Crippen LogP contribution in [0.1, 0.15) is 26.2 Å². The van der Waals surface area contributed by atoms with Gasteiger partial charge < -0.3 is 10.1 Å². The molecule has 0 aliphatic carbocycles. The van der Waals surface area contributed by atoms with Gasteiger partial charge in [0.25, 0.3) is 0 Å². The lowest BCUT2D eigenvalue weighted by molar-refractivity contribution is -0.142. The van der Waals surface area contributed by atoms with Crippen LogP contribution in [0.3, 0.4) is 0 Å². The summed E-state index contributed by atoms with van der Waals surface area (Å²) in [5, 5.41) is 3.24. The maximum Gasteiger partial charge on any atom is 0.322 e. The van der Waals surface area contributed by atoms with Gasteiger partial charge in [-0.2, -0.15) is 0 Å². The molecule has 0 radical (unpaired) electrons. The summed E-state index contributed by atoms with van der Waals surface area (Å²) in [5.74, 6) is -0.149. The van der Waals surface area contributed by atoms with Crippen molar-refractivity contribution in [3.8, 4) is 0 Å². The molecule has 13 heavy (non-hydrogen) atoms. The highest BCUT2D eigenvalue weighted by molar-refractivity contribution is 5.76. The minimum Gasteiger partial charge on any atom is -0.468 e. The van der Waals surface area contributed by atoms with Gasteiger partial charge in [0.1, 0.15) is 6.04 Å². The minimum atomic E-state index is -0.149. The molecule has 0 aromatic rings. The van der Waals surface area contributed by atoms with E-state index in [1.807, 2.05) is 6.92 Å². The molecule has 1 aliphatic rings. The summed E-state index contributed by atoms with van der Waals surface area (Å²) in [6, 6.07) is 0.302. The van der Waals surface area contributed by atoms with E-state index in [4.69, 9.17) is 0 Å². The minimum absolute atomic E-state index is 0.102. The Morgan fingerprint density at radius 2 is 2.31 bits per heavy atom. The monoisotopic (exact) mass is 183 g/mol. The molecule has 0 bridgehead atoms. The van der Waals surface area contributed by atoms with Gasteiger partial charge in [-0.25, -0.2) is 0 Å². The molecule has 0 saturated carbocycles. The zero-order valence-corrected chi connectivity index (χ0v) is 8.30. The van der Waals surface area contributed by atoms with E-state index in [2.05, 4.69) is 16.6 Å². The zero-order valence-electron chi connectivity index (χ0n) is 8.30. The molecule has 0 spiro atoms. The van der Waals surface area contributed by atoms with Gasteiger partial charge in [0.2, 0.25) is 0 Å². The van der Waals surface area contributed by atoms with Crippen molar-refractivity contribution in [3.05, 3.63) is 12.2 Å². The second-order valence-electron chi connectivity index (χ2n) is 3.68. The fraction of sp³-hybridized carbons (Fsp3) is 0.700. The van der Waals surface area contributed by atoms with Gasteiger partial charge in [-0.15, -0.1) is 6.58 Å². The molecule has 1 unspecified atom stereocenters. The Labute approximate surface area is 79.2 Å².